The van der Waals surface area contributed by atoms with E-state index in [0.29, 0.717) is 0 Å². The van der Waals surface area contributed by atoms with Crippen LogP contribution >= 0.6 is 0 Å². The standard InChI is InChI=1S/C13H18N4/c1-11-4-5-12(15-10-11)17-9-3-8-16-7-2-6-14-13(16)17/h4-5,10H,2-3,6-9H2,1H3. The molecule has 0 N–H and O–H groups in total. The van der Waals surface area contributed by atoms with Gasteiger partial charge in [0.1, 0.15) is 5.82 Å². The lowest BCUT2D eigenvalue weighted by Crippen LogP contribution is -2.52. The van der Waals surface area contributed by atoms with Gasteiger partial charge in [0.2, 0.25) is 5.96 Å². The zero-order chi connectivity index (χ0) is 11.7. The third-order valence-corrected chi connectivity index (χ3v) is 3.35. The Balaban J connectivity index is 1.90. The first kappa shape index (κ1) is 10.6. The Morgan fingerprint density at radius 2 is 2.00 bits per heavy atom. The van der Waals surface area contributed by atoms with Gasteiger partial charge in [-0.3, -0.25) is 9.89 Å². The number of pyridine rings is 1. The smallest absolute Gasteiger partial charge is 0.202 e. The highest BCUT2D eigenvalue weighted by molar-refractivity contribution is 5.96. The van der Waals surface area contributed by atoms with Crippen LogP contribution in [0.15, 0.2) is 23.3 Å². The predicted octanol–water partition coefficient (Wildman–Crippen LogP) is 1.66. The van der Waals surface area contributed by atoms with Crippen molar-refractivity contribution < 1.29 is 0 Å². The summed E-state index contributed by atoms with van der Waals surface area (Å²) in [4.78, 5) is 13.8. The molecule has 4 nitrogen and oxygen atoms in total. The molecule has 1 aromatic heterocycles. The number of hydrogen-bond donors (Lipinski definition) is 0. The average Bonchev–Trinajstić information content (AvgIpc) is 2.39. The first-order valence-corrected chi connectivity index (χ1v) is 6.34. The van der Waals surface area contributed by atoms with Crippen molar-refractivity contribution in [3.8, 4) is 0 Å². The van der Waals surface area contributed by atoms with E-state index >= 15 is 0 Å². The number of nitrogens with zero attached hydrogens (tertiary/aromatic N) is 4. The van der Waals surface area contributed by atoms with Crippen LogP contribution in [0.1, 0.15) is 18.4 Å². The van der Waals surface area contributed by atoms with E-state index < -0.39 is 0 Å². The summed E-state index contributed by atoms with van der Waals surface area (Å²) in [5, 5.41) is 0. The Morgan fingerprint density at radius 3 is 2.82 bits per heavy atom. The maximum Gasteiger partial charge on any atom is 0.202 e. The van der Waals surface area contributed by atoms with E-state index in [2.05, 4.69) is 38.8 Å². The molecular weight excluding hydrogens is 212 g/mol. The Morgan fingerprint density at radius 1 is 1.12 bits per heavy atom. The van der Waals surface area contributed by atoms with E-state index in [1.807, 2.05) is 6.20 Å². The van der Waals surface area contributed by atoms with Gasteiger partial charge >= 0.3 is 0 Å². The Labute approximate surface area is 102 Å². The minimum absolute atomic E-state index is 0.953. The monoisotopic (exact) mass is 230 g/mol. The first-order chi connectivity index (χ1) is 8.34. The number of aliphatic imine (C=N–C) groups is 1. The summed E-state index contributed by atoms with van der Waals surface area (Å²) in [6.07, 6.45) is 4.30. The molecule has 3 heterocycles. The summed E-state index contributed by atoms with van der Waals surface area (Å²) in [5.74, 6) is 2.15. The predicted molar refractivity (Wildman–Crippen MR) is 69.4 cm³/mol. The van der Waals surface area contributed by atoms with Gasteiger partial charge in [-0.1, -0.05) is 6.07 Å². The summed E-state index contributed by atoms with van der Waals surface area (Å²) < 4.78 is 0. The third kappa shape index (κ3) is 1.99. The van der Waals surface area contributed by atoms with Gasteiger partial charge < -0.3 is 4.90 Å². The van der Waals surface area contributed by atoms with Crippen LogP contribution in [0.3, 0.4) is 0 Å². The fourth-order valence-corrected chi connectivity index (χ4v) is 2.46. The van der Waals surface area contributed by atoms with Crippen LogP contribution in [0.4, 0.5) is 5.82 Å². The molecule has 17 heavy (non-hydrogen) atoms. The highest BCUT2D eigenvalue weighted by Crippen LogP contribution is 2.20. The SMILES string of the molecule is Cc1ccc(N2CCCN3CCCN=C32)nc1. The van der Waals surface area contributed by atoms with Crippen molar-refractivity contribution in [2.24, 2.45) is 4.99 Å². The van der Waals surface area contributed by atoms with E-state index in [1.165, 1.54) is 18.4 Å². The van der Waals surface area contributed by atoms with Crippen LogP contribution in [0.25, 0.3) is 0 Å². The average molecular weight is 230 g/mol. The molecule has 0 radical (unpaired) electrons. The molecule has 0 aromatic carbocycles. The van der Waals surface area contributed by atoms with Crippen molar-refractivity contribution in [2.75, 3.05) is 31.1 Å². The molecule has 90 valence electrons. The van der Waals surface area contributed by atoms with Crippen LogP contribution in [-0.2, 0) is 0 Å². The number of aryl methyl sites for hydroxylation is 1. The number of anilines is 1. The van der Waals surface area contributed by atoms with E-state index in [1.54, 1.807) is 0 Å². The van der Waals surface area contributed by atoms with Crippen molar-refractivity contribution in [1.29, 1.82) is 0 Å². The number of fused-ring (bicyclic) bond motifs is 1. The molecule has 0 spiro atoms. The molecule has 0 aliphatic carbocycles. The van der Waals surface area contributed by atoms with Gasteiger partial charge in [0, 0.05) is 32.4 Å². The molecule has 2 aliphatic heterocycles. The molecule has 3 rings (SSSR count). The Bertz CT molecular complexity index is 424. The minimum atomic E-state index is 0.953. The zero-order valence-corrected chi connectivity index (χ0v) is 10.3. The molecule has 0 bridgehead atoms. The third-order valence-electron chi connectivity index (χ3n) is 3.35. The maximum atomic E-state index is 4.66. The second-order valence-electron chi connectivity index (χ2n) is 4.72. The van der Waals surface area contributed by atoms with Crippen LogP contribution < -0.4 is 4.90 Å². The highest BCUT2D eigenvalue weighted by Gasteiger charge is 2.26. The molecule has 1 saturated heterocycles. The van der Waals surface area contributed by atoms with E-state index in [4.69, 9.17) is 0 Å². The summed E-state index contributed by atoms with van der Waals surface area (Å²) in [6.45, 7) is 6.33. The van der Waals surface area contributed by atoms with Crippen LogP contribution in [0.2, 0.25) is 0 Å². The lowest BCUT2D eigenvalue weighted by molar-refractivity contribution is 0.359. The van der Waals surface area contributed by atoms with Gasteiger partial charge in [0.05, 0.1) is 0 Å². The summed E-state index contributed by atoms with van der Waals surface area (Å²) >= 11 is 0. The van der Waals surface area contributed by atoms with Gasteiger partial charge in [0.15, 0.2) is 0 Å². The summed E-state index contributed by atoms with van der Waals surface area (Å²) in [6, 6.07) is 4.21. The quantitative estimate of drug-likeness (QED) is 0.735. The van der Waals surface area contributed by atoms with Gasteiger partial charge in [-0.2, -0.15) is 0 Å². The Kier molecular flexibility index (Phi) is 2.71. The lowest BCUT2D eigenvalue weighted by atomic mass is 10.2. The second kappa shape index (κ2) is 4.35. The van der Waals surface area contributed by atoms with Gasteiger partial charge in [-0.05, 0) is 31.4 Å². The normalized spacial score (nSPS) is 19.9. The highest BCUT2D eigenvalue weighted by atomic mass is 15.4. The summed E-state index contributed by atoms with van der Waals surface area (Å²) in [7, 11) is 0. The van der Waals surface area contributed by atoms with Crippen molar-refractivity contribution >= 4 is 11.8 Å². The second-order valence-corrected chi connectivity index (χ2v) is 4.72. The molecule has 1 fully saturated rings. The molecule has 0 saturated carbocycles. The van der Waals surface area contributed by atoms with E-state index in [0.717, 1.165) is 38.0 Å². The zero-order valence-electron chi connectivity index (χ0n) is 10.3. The molecule has 0 amide bonds. The van der Waals surface area contributed by atoms with Gasteiger partial charge in [-0.25, -0.2) is 4.98 Å². The largest absolute Gasteiger partial charge is 0.342 e. The van der Waals surface area contributed by atoms with Crippen LogP contribution in [0, 0.1) is 6.92 Å². The molecular formula is C13H18N4. The fourth-order valence-electron chi connectivity index (χ4n) is 2.46. The van der Waals surface area contributed by atoms with E-state index in [9.17, 15) is 0 Å². The van der Waals surface area contributed by atoms with Crippen LogP contribution in [-0.4, -0.2) is 42.0 Å². The molecule has 0 atom stereocenters. The fraction of sp³-hybridized carbons (Fsp3) is 0.538. The first-order valence-electron chi connectivity index (χ1n) is 6.34. The minimum Gasteiger partial charge on any atom is -0.342 e. The van der Waals surface area contributed by atoms with Crippen molar-refractivity contribution in [3.63, 3.8) is 0 Å². The Hall–Kier alpha value is -1.58. The number of rotatable bonds is 1. The van der Waals surface area contributed by atoms with Crippen molar-refractivity contribution in [2.45, 2.75) is 19.8 Å². The van der Waals surface area contributed by atoms with E-state index in [-0.39, 0.29) is 0 Å². The van der Waals surface area contributed by atoms with Gasteiger partial charge in [0.25, 0.3) is 0 Å². The molecule has 0 unspecified atom stereocenters. The topological polar surface area (TPSA) is 31.7 Å². The molecule has 1 aromatic rings. The van der Waals surface area contributed by atoms with Crippen molar-refractivity contribution in [1.82, 2.24) is 9.88 Å². The van der Waals surface area contributed by atoms with Crippen LogP contribution in [0.5, 0.6) is 0 Å². The maximum absolute atomic E-state index is 4.66. The molecule has 2 aliphatic rings. The summed E-state index contributed by atoms with van der Waals surface area (Å²) in [5.41, 5.74) is 1.20. The molecule has 4 heteroatoms. The number of guanidine groups is 1. The van der Waals surface area contributed by atoms with Gasteiger partial charge in [-0.15, -0.1) is 0 Å². The lowest BCUT2D eigenvalue weighted by Gasteiger charge is -2.40. The number of hydrogen-bond acceptors (Lipinski definition) is 4. The van der Waals surface area contributed by atoms with Crippen molar-refractivity contribution in [3.05, 3.63) is 23.9 Å². The number of aromatic nitrogens is 1.